The molecule has 0 spiro atoms. The molecule has 19 heavy (non-hydrogen) atoms. The fourth-order valence-corrected chi connectivity index (χ4v) is 3.47. The first kappa shape index (κ1) is 13.7. The molecule has 102 valence electrons. The number of amides is 1. The van der Waals surface area contributed by atoms with Gasteiger partial charge in [0, 0.05) is 13.1 Å². The number of hydrogen-bond acceptors (Lipinski definition) is 5. The van der Waals surface area contributed by atoms with Crippen molar-refractivity contribution < 1.29 is 4.79 Å². The van der Waals surface area contributed by atoms with Gasteiger partial charge in [-0.3, -0.25) is 4.79 Å². The minimum atomic E-state index is -0.240. The summed E-state index contributed by atoms with van der Waals surface area (Å²) in [5.41, 5.74) is 6.56. The lowest BCUT2D eigenvalue weighted by Crippen LogP contribution is -2.22. The highest BCUT2D eigenvalue weighted by atomic mass is 32.1. The fourth-order valence-electron chi connectivity index (χ4n) is 2.37. The third-order valence-corrected chi connectivity index (χ3v) is 4.57. The van der Waals surface area contributed by atoms with E-state index in [2.05, 4.69) is 16.7 Å². The van der Waals surface area contributed by atoms with Crippen molar-refractivity contribution in [1.82, 2.24) is 5.32 Å². The second kappa shape index (κ2) is 5.93. The van der Waals surface area contributed by atoms with Gasteiger partial charge in [0.2, 0.25) is 0 Å². The molecule has 2 rings (SSSR count). The summed E-state index contributed by atoms with van der Waals surface area (Å²) in [6.45, 7) is 0. The number of nitrogen functional groups attached to an aromatic ring is 1. The molecular formula is C13H18N4OS. The van der Waals surface area contributed by atoms with E-state index in [1.807, 2.05) is 0 Å². The Morgan fingerprint density at radius 1 is 1.42 bits per heavy atom. The van der Waals surface area contributed by atoms with E-state index in [4.69, 9.17) is 5.73 Å². The minimum absolute atomic E-state index is 0.240. The summed E-state index contributed by atoms with van der Waals surface area (Å²) in [7, 11) is 1.56. The van der Waals surface area contributed by atoms with Crippen LogP contribution in [0, 0.1) is 11.3 Å². The SMILES string of the molecule is CNC(=O)c1sc(NC2CCCCC2)c(C#N)c1N. The van der Waals surface area contributed by atoms with Gasteiger partial charge in [-0.15, -0.1) is 11.3 Å². The number of anilines is 2. The van der Waals surface area contributed by atoms with Gasteiger partial charge in [-0.25, -0.2) is 0 Å². The first-order chi connectivity index (χ1) is 9.17. The Balaban J connectivity index is 2.24. The van der Waals surface area contributed by atoms with E-state index in [1.54, 1.807) is 7.05 Å². The zero-order valence-corrected chi connectivity index (χ0v) is 11.8. The standard InChI is InChI=1S/C13H18N4OS/c1-16-12(18)11-10(15)9(7-14)13(19-11)17-8-5-3-2-4-6-8/h8,17H,2-6,15H2,1H3,(H,16,18). The zero-order chi connectivity index (χ0) is 13.8. The number of rotatable bonds is 3. The molecule has 0 saturated heterocycles. The third kappa shape index (κ3) is 2.82. The number of carbonyl (C=O) groups is 1. The quantitative estimate of drug-likeness (QED) is 0.791. The maximum absolute atomic E-state index is 11.7. The van der Waals surface area contributed by atoms with Crippen LogP contribution in [0.4, 0.5) is 10.7 Å². The fraction of sp³-hybridized carbons (Fsp3) is 0.538. The van der Waals surface area contributed by atoms with Crippen molar-refractivity contribution in [3.05, 3.63) is 10.4 Å². The van der Waals surface area contributed by atoms with E-state index in [0.717, 1.165) is 17.8 Å². The molecule has 0 aliphatic heterocycles. The average Bonchev–Trinajstić information content (AvgIpc) is 2.75. The Bertz CT molecular complexity index is 511. The number of nitriles is 1. The molecule has 4 N–H and O–H groups in total. The molecule has 1 amide bonds. The summed E-state index contributed by atoms with van der Waals surface area (Å²) in [6, 6.07) is 2.48. The van der Waals surface area contributed by atoms with Crippen molar-refractivity contribution in [2.24, 2.45) is 0 Å². The summed E-state index contributed by atoms with van der Waals surface area (Å²) in [6.07, 6.45) is 5.92. The van der Waals surface area contributed by atoms with E-state index in [9.17, 15) is 10.1 Å². The highest BCUT2D eigenvalue weighted by Gasteiger charge is 2.22. The summed E-state index contributed by atoms with van der Waals surface area (Å²) in [4.78, 5) is 12.1. The lowest BCUT2D eigenvalue weighted by Gasteiger charge is -2.23. The van der Waals surface area contributed by atoms with E-state index >= 15 is 0 Å². The number of hydrogen-bond donors (Lipinski definition) is 3. The minimum Gasteiger partial charge on any atom is -0.396 e. The molecule has 5 nitrogen and oxygen atoms in total. The van der Waals surface area contributed by atoms with E-state index < -0.39 is 0 Å². The highest BCUT2D eigenvalue weighted by molar-refractivity contribution is 7.18. The van der Waals surface area contributed by atoms with E-state index in [0.29, 0.717) is 16.5 Å². The molecule has 1 aliphatic carbocycles. The molecule has 1 saturated carbocycles. The van der Waals surface area contributed by atoms with E-state index in [1.165, 1.54) is 30.6 Å². The Labute approximate surface area is 116 Å². The van der Waals surface area contributed by atoms with Crippen molar-refractivity contribution in [1.29, 1.82) is 5.26 Å². The van der Waals surface area contributed by atoms with Crippen LogP contribution >= 0.6 is 11.3 Å². The van der Waals surface area contributed by atoms with Crippen LogP contribution in [-0.4, -0.2) is 19.0 Å². The number of nitrogens with zero attached hydrogens (tertiary/aromatic N) is 1. The van der Waals surface area contributed by atoms with Crippen LogP contribution in [0.5, 0.6) is 0 Å². The topological polar surface area (TPSA) is 90.9 Å². The van der Waals surface area contributed by atoms with Gasteiger partial charge in [-0.05, 0) is 12.8 Å². The van der Waals surface area contributed by atoms with Crippen LogP contribution in [-0.2, 0) is 0 Å². The molecule has 6 heteroatoms. The molecule has 0 bridgehead atoms. The lowest BCUT2D eigenvalue weighted by molar-refractivity contribution is 0.0968. The molecule has 1 aliphatic rings. The second-order valence-electron chi connectivity index (χ2n) is 4.72. The van der Waals surface area contributed by atoms with Crippen LogP contribution < -0.4 is 16.4 Å². The largest absolute Gasteiger partial charge is 0.396 e. The predicted molar refractivity (Wildman–Crippen MR) is 77.3 cm³/mol. The average molecular weight is 278 g/mol. The van der Waals surface area contributed by atoms with Crippen molar-refractivity contribution >= 4 is 27.9 Å². The normalized spacial score (nSPS) is 15.8. The van der Waals surface area contributed by atoms with Crippen LogP contribution in [0.2, 0.25) is 0 Å². The van der Waals surface area contributed by atoms with Crippen molar-refractivity contribution in [3.8, 4) is 6.07 Å². The molecule has 1 aromatic rings. The first-order valence-electron chi connectivity index (χ1n) is 6.48. The van der Waals surface area contributed by atoms with E-state index in [-0.39, 0.29) is 11.6 Å². The molecule has 1 fully saturated rings. The van der Waals surface area contributed by atoms with Crippen LogP contribution in [0.25, 0.3) is 0 Å². The predicted octanol–water partition coefficient (Wildman–Crippen LogP) is 2.31. The summed E-state index contributed by atoms with van der Waals surface area (Å²) >= 11 is 1.27. The highest BCUT2D eigenvalue weighted by Crippen LogP contribution is 2.36. The maximum atomic E-state index is 11.7. The van der Waals surface area contributed by atoms with Crippen LogP contribution in [0.15, 0.2) is 0 Å². The van der Waals surface area contributed by atoms with Gasteiger partial charge in [0.05, 0.1) is 5.69 Å². The Morgan fingerprint density at radius 3 is 2.68 bits per heavy atom. The van der Waals surface area contributed by atoms with Crippen molar-refractivity contribution in [2.45, 2.75) is 38.1 Å². The summed E-state index contributed by atoms with van der Waals surface area (Å²) < 4.78 is 0. The molecular weight excluding hydrogens is 260 g/mol. The molecule has 0 radical (unpaired) electrons. The monoisotopic (exact) mass is 278 g/mol. The molecule has 0 aromatic carbocycles. The number of carbonyl (C=O) groups excluding carboxylic acids is 1. The smallest absolute Gasteiger partial charge is 0.263 e. The number of nitrogens with two attached hydrogens (primary N) is 1. The molecule has 0 atom stereocenters. The van der Waals surface area contributed by atoms with Gasteiger partial charge in [0.1, 0.15) is 21.5 Å². The van der Waals surface area contributed by atoms with Crippen molar-refractivity contribution in [3.63, 3.8) is 0 Å². The Morgan fingerprint density at radius 2 is 2.11 bits per heavy atom. The molecule has 1 heterocycles. The number of thiophene rings is 1. The summed E-state index contributed by atoms with van der Waals surface area (Å²) in [5.74, 6) is -0.240. The van der Waals surface area contributed by atoms with Crippen molar-refractivity contribution in [2.75, 3.05) is 18.1 Å². The van der Waals surface area contributed by atoms with Gasteiger partial charge in [0.25, 0.3) is 5.91 Å². The Hall–Kier alpha value is -1.74. The summed E-state index contributed by atoms with van der Waals surface area (Å²) in [5, 5.41) is 15.9. The van der Waals surface area contributed by atoms with Crippen LogP contribution in [0.1, 0.15) is 47.3 Å². The number of nitrogens with one attached hydrogen (secondary N) is 2. The molecule has 1 aromatic heterocycles. The zero-order valence-electron chi connectivity index (χ0n) is 11.0. The van der Waals surface area contributed by atoms with Gasteiger partial charge in [-0.2, -0.15) is 5.26 Å². The first-order valence-corrected chi connectivity index (χ1v) is 7.30. The lowest BCUT2D eigenvalue weighted by atomic mass is 9.95. The van der Waals surface area contributed by atoms with Gasteiger partial charge < -0.3 is 16.4 Å². The van der Waals surface area contributed by atoms with Gasteiger partial charge >= 0.3 is 0 Å². The third-order valence-electron chi connectivity index (χ3n) is 3.43. The second-order valence-corrected chi connectivity index (χ2v) is 5.74. The molecule has 0 unspecified atom stereocenters. The maximum Gasteiger partial charge on any atom is 0.263 e. The Kier molecular flexibility index (Phi) is 4.27. The van der Waals surface area contributed by atoms with Gasteiger partial charge in [-0.1, -0.05) is 19.3 Å². The van der Waals surface area contributed by atoms with Crippen LogP contribution in [0.3, 0.4) is 0 Å². The van der Waals surface area contributed by atoms with Gasteiger partial charge in [0.15, 0.2) is 0 Å².